The van der Waals surface area contributed by atoms with Gasteiger partial charge in [0.05, 0.1) is 19.0 Å². The molecule has 2 heterocycles. The van der Waals surface area contributed by atoms with E-state index < -0.39 is 0 Å². The van der Waals surface area contributed by atoms with Crippen molar-refractivity contribution >= 4 is 17.1 Å². The van der Waals surface area contributed by atoms with Crippen LogP contribution in [-0.4, -0.2) is 37.8 Å². The molecular weight excluding hydrogens is 306 g/mol. The SMILES string of the molecule is CCCCCCOc1nc(N)nc2c1ncn2[C@H]1C=C[C@@H](CO)C1. The molecule has 0 saturated heterocycles. The molecule has 3 N–H and O–H groups in total. The fourth-order valence-corrected chi connectivity index (χ4v) is 3.04. The fraction of sp³-hybridized carbons (Fsp3) is 0.588. The predicted octanol–water partition coefficient (Wildman–Crippen LogP) is 2.48. The third-order valence-corrected chi connectivity index (χ3v) is 4.38. The van der Waals surface area contributed by atoms with Crippen molar-refractivity contribution in [3.8, 4) is 5.88 Å². The quantitative estimate of drug-likeness (QED) is 0.569. The zero-order valence-corrected chi connectivity index (χ0v) is 14.1. The van der Waals surface area contributed by atoms with Gasteiger partial charge < -0.3 is 20.1 Å². The summed E-state index contributed by atoms with van der Waals surface area (Å²) in [7, 11) is 0. The zero-order chi connectivity index (χ0) is 16.9. The maximum atomic E-state index is 9.30. The zero-order valence-electron chi connectivity index (χ0n) is 14.1. The lowest BCUT2D eigenvalue weighted by Gasteiger charge is -2.13. The lowest BCUT2D eigenvalue weighted by Crippen LogP contribution is -2.09. The number of anilines is 1. The normalized spacial score (nSPS) is 20.1. The Hall–Kier alpha value is -2.15. The van der Waals surface area contributed by atoms with Crippen LogP contribution in [0.5, 0.6) is 5.88 Å². The monoisotopic (exact) mass is 331 g/mol. The van der Waals surface area contributed by atoms with Crippen LogP contribution in [0.25, 0.3) is 11.2 Å². The van der Waals surface area contributed by atoms with Crippen molar-refractivity contribution in [3.05, 3.63) is 18.5 Å². The minimum absolute atomic E-state index is 0.124. The first kappa shape index (κ1) is 16.7. The molecule has 0 aromatic carbocycles. The van der Waals surface area contributed by atoms with Crippen LogP contribution in [0.15, 0.2) is 18.5 Å². The largest absolute Gasteiger partial charge is 0.476 e. The van der Waals surface area contributed by atoms with Crippen LogP contribution in [0.3, 0.4) is 0 Å². The molecular formula is C17H25N5O2. The molecule has 1 aliphatic carbocycles. The molecule has 0 bridgehead atoms. The summed E-state index contributed by atoms with van der Waals surface area (Å²) in [5.74, 6) is 0.822. The molecule has 2 atom stereocenters. The average Bonchev–Trinajstić information content (AvgIpc) is 3.20. The fourth-order valence-electron chi connectivity index (χ4n) is 3.04. The molecule has 0 unspecified atom stereocenters. The topological polar surface area (TPSA) is 99.1 Å². The van der Waals surface area contributed by atoms with E-state index in [4.69, 9.17) is 10.5 Å². The highest BCUT2D eigenvalue weighted by atomic mass is 16.5. The van der Waals surface area contributed by atoms with Crippen molar-refractivity contribution in [1.29, 1.82) is 0 Å². The van der Waals surface area contributed by atoms with Crippen LogP contribution >= 0.6 is 0 Å². The summed E-state index contributed by atoms with van der Waals surface area (Å²) in [5.41, 5.74) is 7.17. The van der Waals surface area contributed by atoms with E-state index in [-0.39, 0.29) is 24.5 Å². The number of imidazole rings is 1. The maximum absolute atomic E-state index is 9.30. The summed E-state index contributed by atoms with van der Waals surface area (Å²) in [6, 6.07) is 0.124. The lowest BCUT2D eigenvalue weighted by molar-refractivity contribution is 0.244. The van der Waals surface area contributed by atoms with Gasteiger partial charge >= 0.3 is 0 Å². The van der Waals surface area contributed by atoms with Crippen molar-refractivity contribution < 1.29 is 9.84 Å². The smallest absolute Gasteiger partial charge is 0.247 e. The van der Waals surface area contributed by atoms with Crippen molar-refractivity contribution in [2.75, 3.05) is 18.9 Å². The molecule has 0 saturated carbocycles. The Morgan fingerprint density at radius 1 is 1.29 bits per heavy atom. The number of hydrogen-bond acceptors (Lipinski definition) is 6. The number of aromatic nitrogens is 4. The standard InChI is InChI=1S/C17H25N5O2/c1-2-3-4-5-8-24-16-14-15(20-17(18)21-16)22(11-19-14)13-7-6-12(9-13)10-23/h6-7,11-13,23H,2-5,8-10H2,1H3,(H2,18,20,21)/t12-,13+/m1/s1. The number of nitrogen functional groups attached to an aromatic ring is 1. The van der Waals surface area contributed by atoms with Crippen LogP contribution in [0, 0.1) is 5.92 Å². The van der Waals surface area contributed by atoms with E-state index in [0.29, 0.717) is 23.7 Å². The third-order valence-electron chi connectivity index (χ3n) is 4.38. The van der Waals surface area contributed by atoms with Crippen LogP contribution in [0.1, 0.15) is 45.1 Å². The number of nitrogens with two attached hydrogens (primary N) is 1. The van der Waals surface area contributed by atoms with Crippen LogP contribution in [-0.2, 0) is 0 Å². The summed E-state index contributed by atoms with van der Waals surface area (Å²) >= 11 is 0. The highest BCUT2D eigenvalue weighted by Gasteiger charge is 2.23. The number of fused-ring (bicyclic) bond motifs is 1. The molecule has 0 radical (unpaired) electrons. The number of allylic oxidation sites excluding steroid dienone is 1. The summed E-state index contributed by atoms with van der Waals surface area (Å²) in [5, 5.41) is 9.30. The molecule has 2 aromatic heterocycles. The van der Waals surface area contributed by atoms with E-state index in [2.05, 4.69) is 28.0 Å². The molecule has 0 fully saturated rings. The number of aliphatic hydroxyl groups excluding tert-OH is 1. The third kappa shape index (κ3) is 3.51. The van der Waals surface area contributed by atoms with Crippen LogP contribution in [0.4, 0.5) is 5.95 Å². The van der Waals surface area contributed by atoms with Gasteiger partial charge in [-0.3, -0.25) is 0 Å². The Morgan fingerprint density at radius 3 is 2.92 bits per heavy atom. The first-order valence-corrected chi connectivity index (χ1v) is 8.65. The molecule has 0 spiro atoms. The van der Waals surface area contributed by atoms with Gasteiger partial charge in [-0.2, -0.15) is 9.97 Å². The molecule has 7 nitrogen and oxygen atoms in total. The molecule has 7 heteroatoms. The molecule has 24 heavy (non-hydrogen) atoms. The lowest BCUT2D eigenvalue weighted by atomic mass is 10.1. The molecule has 0 aliphatic heterocycles. The van der Waals surface area contributed by atoms with Crippen molar-refractivity contribution in [2.24, 2.45) is 5.92 Å². The summed E-state index contributed by atoms with van der Waals surface area (Å²) in [4.78, 5) is 13.0. The van der Waals surface area contributed by atoms with Crippen molar-refractivity contribution in [1.82, 2.24) is 19.5 Å². The van der Waals surface area contributed by atoms with Gasteiger partial charge in [0.1, 0.15) is 0 Å². The van der Waals surface area contributed by atoms with Gasteiger partial charge in [-0.25, -0.2) is 4.98 Å². The number of rotatable bonds is 8. The summed E-state index contributed by atoms with van der Waals surface area (Å²) < 4.78 is 7.78. The van der Waals surface area contributed by atoms with E-state index in [9.17, 15) is 5.11 Å². The highest BCUT2D eigenvalue weighted by molar-refractivity contribution is 5.77. The van der Waals surface area contributed by atoms with E-state index in [1.165, 1.54) is 12.8 Å². The number of hydrogen-bond donors (Lipinski definition) is 2. The molecule has 1 aliphatic rings. The van der Waals surface area contributed by atoms with Gasteiger partial charge in [-0.15, -0.1) is 0 Å². The van der Waals surface area contributed by atoms with Gasteiger partial charge in [0.15, 0.2) is 11.2 Å². The number of unbranched alkanes of at least 4 members (excludes halogenated alkanes) is 3. The van der Waals surface area contributed by atoms with E-state index in [0.717, 1.165) is 19.3 Å². The summed E-state index contributed by atoms with van der Waals surface area (Å²) in [6.07, 6.45) is 11.2. The minimum Gasteiger partial charge on any atom is -0.476 e. The number of ether oxygens (including phenoxy) is 1. The van der Waals surface area contributed by atoms with Gasteiger partial charge in [0.25, 0.3) is 0 Å². The molecule has 3 rings (SSSR count). The van der Waals surface area contributed by atoms with E-state index in [1.807, 2.05) is 10.6 Å². The van der Waals surface area contributed by atoms with Crippen molar-refractivity contribution in [2.45, 2.75) is 45.1 Å². The van der Waals surface area contributed by atoms with Gasteiger partial charge in [-0.05, 0) is 12.8 Å². The van der Waals surface area contributed by atoms with Crippen LogP contribution in [0.2, 0.25) is 0 Å². The molecule has 2 aromatic rings. The predicted molar refractivity (Wildman–Crippen MR) is 92.7 cm³/mol. The molecule has 130 valence electrons. The minimum atomic E-state index is 0.124. The number of nitrogens with zero attached hydrogens (tertiary/aromatic N) is 4. The Bertz CT molecular complexity index is 712. The first-order valence-electron chi connectivity index (χ1n) is 8.65. The highest BCUT2D eigenvalue weighted by Crippen LogP contribution is 2.31. The number of aliphatic hydroxyl groups is 1. The second-order valence-corrected chi connectivity index (χ2v) is 6.25. The van der Waals surface area contributed by atoms with Gasteiger partial charge in [-0.1, -0.05) is 38.3 Å². The second kappa shape index (κ2) is 7.61. The Morgan fingerprint density at radius 2 is 2.17 bits per heavy atom. The maximum Gasteiger partial charge on any atom is 0.247 e. The van der Waals surface area contributed by atoms with Gasteiger partial charge in [0, 0.05) is 12.5 Å². The summed E-state index contributed by atoms with van der Waals surface area (Å²) in [6.45, 7) is 2.94. The van der Waals surface area contributed by atoms with Crippen LogP contribution < -0.4 is 10.5 Å². The van der Waals surface area contributed by atoms with Crippen molar-refractivity contribution in [3.63, 3.8) is 0 Å². The van der Waals surface area contributed by atoms with E-state index in [1.54, 1.807) is 6.33 Å². The molecule has 0 amide bonds. The first-order chi connectivity index (χ1) is 11.7. The second-order valence-electron chi connectivity index (χ2n) is 6.25. The Balaban J connectivity index is 1.78. The average molecular weight is 331 g/mol. The Labute approximate surface area is 141 Å². The Kier molecular flexibility index (Phi) is 5.30. The van der Waals surface area contributed by atoms with E-state index >= 15 is 0 Å². The van der Waals surface area contributed by atoms with Gasteiger partial charge in [0.2, 0.25) is 11.8 Å².